The summed E-state index contributed by atoms with van der Waals surface area (Å²) in [5.74, 6) is 0.486. The van der Waals surface area contributed by atoms with Crippen LogP contribution in [0.1, 0.15) is 11.3 Å². The average molecular weight is 211 g/mol. The first-order valence-corrected chi connectivity index (χ1v) is 4.67. The Labute approximate surface area is 92.6 Å². The van der Waals surface area contributed by atoms with Crippen LogP contribution in [-0.2, 0) is 0 Å². The molecule has 78 valence electrons. The lowest BCUT2D eigenvalue weighted by atomic mass is 10.1. The molecule has 0 fully saturated rings. The molecule has 4 heteroatoms. The van der Waals surface area contributed by atoms with E-state index in [9.17, 15) is 0 Å². The number of nitrogens with zero attached hydrogens (tertiary/aromatic N) is 2. The highest BCUT2D eigenvalue weighted by atomic mass is 16.3. The molecule has 0 unspecified atom stereocenters. The van der Waals surface area contributed by atoms with E-state index in [1.165, 1.54) is 6.26 Å². The molecule has 16 heavy (non-hydrogen) atoms. The van der Waals surface area contributed by atoms with E-state index < -0.39 is 0 Å². The summed E-state index contributed by atoms with van der Waals surface area (Å²) in [6.07, 6.45) is 4.75. The lowest BCUT2D eigenvalue weighted by Crippen LogP contribution is -1.99. The van der Waals surface area contributed by atoms with Crippen molar-refractivity contribution in [1.82, 2.24) is 4.98 Å². The molecule has 0 aliphatic rings. The second-order valence-corrected chi connectivity index (χ2v) is 3.12. The minimum absolute atomic E-state index is 0.320. The first kappa shape index (κ1) is 9.99. The van der Waals surface area contributed by atoms with Gasteiger partial charge < -0.3 is 10.2 Å². The molecule has 0 bridgehead atoms. The van der Waals surface area contributed by atoms with E-state index in [-0.39, 0.29) is 0 Å². The standard InChI is InChI=1S/C12H9N3O/c13-7-10(9-3-1-5-15-8-9)12(14)11-4-2-6-16-11/h1-6,8H,14H2/b12-10-. The van der Waals surface area contributed by atoms with E-state index in [0.29, 0.717) is 22.6 Å². The van der Waals surface area contributed by atoms with Crippen molar-refractivity contribution in [3.05, 3.63) is 54.2 Å². The summed E-state index contributed by atoms with van der Waals surface area (Å²) in [6, 6.07) is 9.03. The summed E-state index contributed by atoms with van der Waals surface area (Å²) in [6.45, 7) is 0. The molecular weight excluding hydrogens is 202 g/mol. The van der Waals surface area contributed by atoms with Gasteiger partial charge in [-0.1, -0.05) is 6.07 Å². The Morgan fingerprint density at radius 1 is 1.38 bits per heavy atom. The molecule has 0 saturated heterocycles. The maximum absolute atomic E-state index is 9.09. The molecule has 0 saturated carbocycles. The van der Waals surface area contributed by atoms with E-state index in [1.54, 1.807) is 36.7 Å². The predicted octanol–water partition coefficient (Wildman–Crippen LogP) is 2.03. The number of hydrogen-bond acceptors (Lipinski definition) is 4. The lowest BCUT2D eigenvalue weighted by Gasteiger charge is -2.02. The van der Waals surface area contributed by atoms with Gasteiger partial charge in [-0.15, -0.1) is 0 Å². The zero-order valence-electron chi connectivity index (χ0n) is 8.42. The molecule has 2 N–H and O–H groups in total. The highest BCUT2D eigenvalue weighted by molar-refractivity contribution is 5.94. The number of furan rings is 1. The van der Waals surface area contributed by atoms with E-state index in [4.69, 9.17) is 15.4 Å². The minimum atomic E-state index is 0.320. The van der Waals surface area contributed by atoms with Crippen molar-refractivity contribution in [2.75, 3.05) is 0 Å². The fraction of sp³-hybridized carbons (Fsp3) is 0. The van der Waals surface area contributed by atoms with Gasteiger partial charge in [-0.25, -0.2) is 0 Å². The molecule has 2 aromatic rings. The molecule has 4 nitrogen and oxygen atoms in total. The second kappa shape index (κ2) is 4.32. The molecule has 0 aromatic carbocycles. The number of nitrogens with two attached hydrogens (primary N) is 1. The third-order valence-corrected chi connectivity index (χ3v) is 2.12. The van der Waals surface area contributed by atoms with Crippen molar-refractivity contribution in [3.63, 3.8) is 0 Å². The van der Waals surface area contributed by atoms with E-state index in [1.807, 2.05) is 0 Å². The molecule has 2 heterocycles. The molecule has 0 aliphatic heterocycles. The number of hydrogen-bond donors (Lipinski definition) is 1. The van der Waals surface area contributed by atoms with Crippen molar-refractivity contribution < 1.29 is 4.42 Å². The maximum Gasteiger partial charge on any atom is 0.150 e. The smallest absolute Gasteiger partial charge is 0.150 e. The van der Waals surface area contributed by atoms with Crippen LogP contribution in [0.4, 0.5) is 0 Å². The van der Waals surface area contributed by atoms with Gasteiger partial charge in [-0.05, 0) is 18.2 Å². The number of aromatic nitrogens is 1. The van der Waals surface area contributed by atoms with Crippen LogP contribution in [0.25, 0.3) is 11.3 Å². The largest absolute Gasteiger partial charge is 0.463 e. The SMILES string of the molecule is N#C/C(=C(/N)c1ccco1)c1cccnc1. The minimum Gasteiger partial charge on any atom is -0.463 e. The summed E-state index contributed by atoms with van der Waals surface area (Å²) in [4.78, 5) is 3.95. The fourth-order valence-corrected chi connectivity index (χ4v) is 1.35. The van der Waals surface area contributed by atoms with Gasteiger partial charge in [-0.3, -0.25) is 4.98 Å². The summed E-state index contributed by atoms with van der Waals surface area (Å²) < 4.78 is 5.15. The Morgan fingerprint density at radius 3 is 2.81 bits per heavy atom. The lowest BCUT2D eigenvalue weighted by molar-refractivity contribution is 0.552. The van der Waals surface area contributed by atoms with Crippen molar-refractivity contribution in [3.8, 4) is 6.07 Å². The number of allylic oxidation sites excluding steroid dienone is 1. The van der Waals surface area contributed by atoms with Gasteiger partial charge >= 0.3 is 0 Å². The topological polar surface area (TPSA) is 75.8 Å². The third-order valence-electron chi connectivity index (χ3n) is 2.12. The Balaban J connectivity index is 2.52. The molecule has 0 spiro atoms. The summed E-state index contributed by atoms with van der Waals surface area (Å²) >= 11 is 0. The fourth-order valence-electron chi connectivity index (χ4n) is 1.35. The molecule has 2 aromatic heterocycles. The number of rotatable bonds is 2. The van der Waals surface area contributed by atoms with Crippen LogP contribution in [0.2, 0.25) is 0 Å². The van der Waals surface area contributed by atoms with E-state index >= 15 is 0 Å². The highest BCUT2D eigenvalue weighted by Gasteiger charge is 2.10. The summed E-state index contributed by atoms with van der Waals surface area (Å²) in [5, 5.41) is 9.09. The quantitative estimate of drug-likeness (QED) is 0.771. The van der Waals surface area contributed by atoms with Crippen molar-refractivity contribution in [2.24, 2.45) is 5.73 Å². The Kier molecular flexibility index (Phi) is 2.70. The van der Waals surface area contributed by atoms with Crippen LogP contribution in [-0.4, -0.2) is 4.98 Å². The van der Waals surface area contributed by atoms with Crippen molar-refractivity contribution in [1.29, 1.82) is 5.26 Å². The molecule has 0 amide bonds. The van der Waals surface area contributed by atoms with Gasteiger partial charge in [0.25, 0.3) is 0 Å². The van der Waals surface area contributed by atoms with Crippen LogP contribution < -0.4 is 5.73 Å². The zero-order chi connectivity index (χ0) is 11.4. The Bertz CT molecular complexity index is 535. The van der Waals surface area contributed by atoms with Gasteiger partial charge in [0, 0.05) is 18.0 Å². The first-order chi connectivity index (χ1) is 7.83. The van der Waals surface area contributed by atoms with Crippen LogP contribution >= 0.6 is 0 Å². The Morgan fingerprint density at radius 2 is 2.25 bits per heavy atom. The van der Waals surface area contributed by atoms with Crippen LogP contribution in [0.3, 0.4) is 0 Å². The predicted molar refractivity (Wildman–Crippen MR) is 59.6 cm³/mol. The van der Waals surface area contributed by atoms with Gasteiger partial charge in [-0.2, -0.15) is 5.26 Å². The van der Waals surface area contributed by atoms with Crippen molar-refractivity contribution >= 4 is 11.3 Å². The normalized spacial score (nSPS) is 11.7. The molecule has 0 aliphatic carbocycles. The van der Waals surface area contributed by atoms with Crippen molar-refractivity contribution in [2.45, 2.75) is 0 Å². The Hall–Kier alpha value is -2.54. The monoisotopic (exact) mass is 211 g/mol. The molecule has 0 radical (unpaired) electrons. The first-order valence-electron chi connectivity index (χ1n) is 4.67. The maximum atomic E-state index is 9.09. The van der Waals surface area contributed by atoms with Crippen LogP contribution in [0.15, 0.2) is 47.3 Å². The molecular formula is C12H9N3O. The molecule has 2 rings (SSSR count). The van der Waals surface area contributed by atoms with Crippen LogP contribution in [0.5, 0.6) is 0 Å². The van der Waals surface area contributed by atoms with Crippen LogP contribution in [0, 0.1) is 11.3 Å². The van der Waals surface area contributed by atoms with Gasteiger partial charge in [0.1, 0.15) is 6.07 Å². The van der Waals surface area contributed by atoms with Gasteiger partial charge in [0.05, 0.1) is 17.5 Å². The zero-order valence-corrected chi connectivity index (χ0v) is 8.42. The summed E-state index contributed by atoms with van der Waals surface area (Å²) in [5.41, 5.74) is 7.23. The van der Waals surface area contributed by atoms with E-state index in [2.05, 4.69) is 11.1 Å². The van der Waals surface area contributed by atoms with Gasteiger partial charge in [0.15, 0.2) is 5.76 Å². The summed E-state index contributed by atoms with van der Waals surface area (Å²) in [7, 11) is 0. The highest BCUT2D eigenvalue weighted by Crippen LogP contribution is 2.21. The third kappa shape index (κ3) is 1.79. The van der Waals surface area contributed by atoms with Gasteiger partial charge in [0.2, 0.25) is 0 Å². The number of pyridine rings is 1. The average Bonchev–Trinajstić information content (AvgIpc) is 2.85. The van der Waals surface area contributed by atoms with E-state index in [0.717, 1.165) is 0 Å². The molecule has 0 atom stereocenters. The second-order valence-electron chi connectivity index (χ2n) is 3.12. The number of nitriles is 1.